The van der Waals surface area contributed by atoms with Gasteiger partial charge in [0.2, 0.25) is 0 Å². The van der Waals surface area contributed by atoms with Crippen LogP contribution in [-0.2, 0) is 17.8 Å². The second kappa shape index (κ2) is 7.94. The van der Waals surface area contributed by atoms with Crippen LogP contribution in [0.1, 0.15) is 18.2 Å². The van der Waals surface area contributed by atoms with E-state index in [9.17, 15) is 22.8 Å². The minimum Gasteiger partial charge on any atom is -0.406 e. The van der Waals surface area contributed by atoms with E-state index in [1.54, 1.807) is 19.2 Å². The van der Waals surface area contributed by atoms with Crippen LogP contribution in [0, 0.1) is 0 Å². The predicted molar refractivity (Wildman–Crippen MR) is 103 cm³/mol. The van der Waals surface area contributed by atoms with Gasteiger partial charge in [-0.15, -0.1) is 13.2 Å². The summed E-state index contributed by atoms with van der Waals surface area (Å²) in [5.74, 6) is -0.936. The number of hydrogen-bond acceptors (Lipinski definition) is 5. The lowest BCUT2D eigenvalue weighted by atomic mass is 9.93. The van der Waals surface area contributed by atoms with Crippen molar-refractivity contribution in [1.29, 1.82) is 0 Å². The van der Waals surface area contributed by atoms with Gasteiger partial charge in [-0.3, -0.25) is 9.78 Å². The van der Waals surface area contributed by atoms with Crippen LogP contribution in [0.3, 0.4) is 0 Å². The number of carbonyl (C=O) groups is 2. The molecule has 10 heteroatoms. The van der Waals surface area contributed by atoms with Crippen LogP contribution in [0.4, 0.5) is 23.7 Å². The van der Waals surface area contributed by atoms with Crippen molar-refractivity contribution in [2.24, 2.45) is 0 Å². The molecule has 0 bridgehead atoms. The molecule has 0 radical (unpaired) electrons. The summed E-state index contributed by atoms with van der Waals surface area (Å²) in [4.78, 5) is 32.7. The molecule has 1 aromatic heterocycles. The molecule has 0 aliphatic carbocycles. The zero-order valence-electron chi connectivity index (χ0n) is 16.7. The number of alkyl halides is 3. The minimum atomic E-state index is -4.82. The molecule has 1 aliphatic heterocycles. The van der Waals surface area contributed by atoms with Crippen molar-refractivity contribution in [2.75, 3.05) is 19.0 Å². The molecule has 2 aromatic rings. The van der Waals surface area contributed by atoms with Crippen LogP contribution in [0.25, 0.3) is 0 Å². The highest BCUT2D eigenvalue weighted by atomic mass is 19.4. The Bertz CT molecular complexity index is 947. The highest BCUT2D eigenvalue weighted by molar-refractivity contribution is 6.23. The van der Waals surface area contributed by atoms with E-state index in [2.05, 4.69) is 15.0 Å². The average Bonchev–Trinajstić information content (AvgIpc) is 2.83. The van der Waals surface area contributed by atoms with Crippen molar-refractivity contribution in [2.45, 2.75) is 31.8 Å². The molecule has 1 aliphatic rings. The van der Waals surface area contributed by atoms with E-state index < -0.39 is 29.6 Å². The highest BCUT2D eigenvalue weighted by Crippen LogP contribution is 2.30. The largest absolute Gasteiger partial charge is 0.573 e. The Morgan fingerprint density at radius 3 is 2.43 bits per heavy atom. The SMILES string of the molecule is CN(C)Cc1cc(CC2(C)NC(=O)N(c3ccc(OC(F)(F)F)cc3)C2=O)ccn1. The van der Waals surface area contributed by atoms with Crippen molar-refractivity contribution in [1.82, 2.24) is 15.2 Å². The van der Waals surface area contributed by atoms with Gasteiger partial charge in [-0.05, 0) is 63.0 Å². The summed E-state index contributed by atoms with van der Waals surface area (Å²) in [5, 5.41) is 2.69. The number of rotatable bonds is 6. The first-order valence-electron chi connectivity index (χ1n) is 9.08. The number of ether oxygens (including phenoxy) is 1. The molecule has 1 atom stereocenters. The molecule has 7 nitrogen and oxygen atoms in total. The lowest BCUT2D eigenvalue weighted by molar-refractivity contribution is -0.274. The van der Waals surface area contributed by atoms with Gasteiger partial charge in [0.05, 0.1) is 11.4 Å². The van der Waals surface area contributed by atoms with Crippen molar-refractivity contribution >= 4 is 17.6 Å². The fourth-order valence-corrected chi connectivity index (χ4v) is 3.29. The molecule has 1 aromatic carbocycles. The number of urea groups is 1. The van der Waals surface area contributed by atoms with Crippen LogP contribution >= 0.6 is 0 Å². The number of carbonyl (C=O) groups excluding carboxylic acids is 2. The molecular weight excluding hydrogens is 401 g/mol. The standard InChI is InChI=1S/C20H21F3N4O3/c1-19(11-13-8-9-24-14(10-13)12-26(2)3)17(28)27(18(29)25-19)15-4-6-16(7-5-15)30-20(21,22)23/h4-10H,11-12H2,1-3H3,(H,25,29). The van der Waals surface area contributed by atoms with E-state index in [0.717, 1.165) is 28.3 Å². The van der Waals surface area contributed by atoms with E-state index in [1.165, 1.54) is 12.1 Å². The van der Waals surface area contributed by atoms with Gasteiger partial charge in [0, 0.05) is 19.2 Å². The Kier molecular flexibility index (Phi) is 5.71. The summed E-state index contributed by atoms with van der Waals surface area (Å²) < 4.78 is 40.8. The third-order valence-corrected chi connectivity index (χ3v) is 4.51. The Balaban J connectivity index is 1.78. The lowest BCUT2D eigenvalue weighted by Gasteiger charge is -2.22. The molecule has 30 heavy (non-hydrogen) atoms. The van der Waals surface area contributed by atoms with E-state index in [-0.39, 0.29) is 12.1 Å². The maximum Gasteiger partial charge on any atom is 0.573 e. The summed E-state index contributed by atoms with van der Waals surface area (Å²) in [6.45, 7) is 2.24. The quantitative estimate of drug-likeness (QED) is 0.725. The number of amides is 3. The third kappa shape index (κ3) is 4.88. The van der Waals surface area contributed by atoms with Crippen molar-refractivity contribution < 1.29 is 27.5 Å². The summed E-state index contributed by atoms with van der Waals surface area (Å²) in [5.41, 5.74) is 0.608. The van der Waals surface area contributed by atoms with E-state index >= 15 is 0 Å². The summed E-state index contributed by atoms with van der Waals surface area (Å²) in [7, 11) is 3.83. The molecule has 1 unspecified atom stereocenters. The van der Waals surface area contributed by atoms with E-state index in [0.29, 0.717) is 6.54 Å². The molecule has 3 amide bonds. The first kappa shape index (κ1) is 21.6. The summed E-state index contributed by atoms with van der Waals surface area (Å²) in [6, 6.07) is 7.56. The smallest absolute Gasteiger partial charge is 0.406 e. The Hall–Kier alpha value is -3.14. The molecule has 2 heterocycles. The molecule has 0 spiro atoms. The second-order valence-corrected chi connectivity index (χ2v) is 7.51. The van der Waals surface area contributed by atoms with Gasteiger partial charge in [-0.25, -0.2) is 9.69 Å². The molecule has 1 N–H and O–H groups in total. The van der Waals surface area contributed by atoms with Crippen LogP contribution in [0.5, 0.6) is 5.75 Å². The van der Waals surface area contributed by atoms with Gasteiger partial charge >= 0.3 is 12.4 Å². The van der Waals surface area contributed by atoms with Crippen molar-refractivity contribution in [3.8, 4) is 5.75 Å². The first-order valence-corrected chi connectivity index (χ1v) is 9.08. The Morgan fingerprint density at radius 2 is 1.83 bits per heavy atom. The normalized spacial score (nSPS) is 19.4. The van der Waals surface area contributed by atoms with Gasteiger partial charge in [-0.2, -0.15) is 0 Å². The summed E-state index contributed by atoms with van der Waals surface area (Å²) in [6.07, 6.45) is -2.93. The van der Waals surface area contributed by atoms with Crippen molar-refractivity contribution in [3.05, 3.63) is 53.9 Å². The van der Waals surface area contributed by atoms with Gasteiger partial charge in [0.25, 0.3) is 5.91 Å². The zero-order valence-corrected chi connectivity index (χ0v) is 16.7. The predicted octanol–water partition coefficient (Wildman–Crippen LogP) is 3.10. The highest BCUT2D eigenvalue weighted by Gasteiger charge is 2.48. The number of nitrogens with zero attached hydrogens (tertiary/aromatic N) is 3. The van der Waals surface area contributed by atoms with E-state index in [4.69, 9.17) is 0 Å². The number of halogens is 3. The molecule has 1 saturated heterocycles. The van der Waals surface area contributed by atoms with Crippen LogP contribution in [0.2, 0.25) is 0 Å². The topological polar surface area (TPSA) is 74.8 Å². The number of hydrogen-bond donors (Lipinski definition) is 1. The van der Waals surface area contributed by atoms with E-state index in [1.807, 2.05) is 25.1 Å². The monoisotopic (exact) mass is 422 g/mol. The third-order valence-electron chi connectivity index (χ3n) is 4.51. The van der Waals surface area contributed by atoms with Gasteiger partial charge in [-0.1, -0.05) is 0 Å². The van der Waals surface area contributed by atoms with Crippen molar-refractivity contribution in [3.63, 3.8) is 0 Å². The van der Waals surface area contributed by atoms with Gasteiger partial charge in [0.1, 0.15) is 11.3 Å². The fourth-order valence-electron chi connectivity index (χ4n) is 3.29. The maximum atomic E-state index is 13.0. The van der Waals surface area contributed by atoms with Gasteiger partial charge in [0.15, 0.2) is 0 Å². The Morgan fingerprint density at radius 1 is 1.17 bits per heavy atom. The summed E-state index contributed by atoms with van der Waals surface area (Å²) >= 11 is 0. The second-order valence-electron chi connectivity index (χ2n) is 7.51. The van der Waals surface area contributed by atoms with Gasteiger partial charge < -0.3 is 15.0 Å². The molecule has 3 rings (SSSR count). The molecular formula is C20H21F3N4O3. The number of pyridine rings is 1. The van der Waals surface area contributed by atoms with Crippen LogP contribution in [0.15, 0.2) is 42.6 Å². The molecule has 160 valence electrons. The number of imide groups is 1. The maximum absolute atomic E-state index is 13.0. The first-order chi connectivity index (χ1) is 14.0. The number of anilines is 1. The average molecular weight is 422 g/mol. The number of nitrogens with one attached hydrogen (secondary N) is 1. The molecule has 1 fully saturated rings. The van der Waals surface area contributed by atoms with Crippen LogP contribution < -0.4 is 15.0 Å². The number of aromatic nitrogens is 1. The minimum absolute atomic E-state index is 0.152. The lowest BCUT2D eigenvalue weighted by Crippen LogP contribution is -2.46. The fraction of sp³-hybridized carbons (Fsp3) is 0.350. The van der Waals surface area contributed by atoms with Crippen LogP contribution in [-0.4, -0.2) is 47.8 Å². The molecule has 0 saturated carbocycles. The number of benzene rings is 1. The Labute approximate surface area is 171 Å². The zero-order chi connectivity index (χ0) is 22.1.